The van der Waals surface area contributed by atoms with Gasteiger partial charge >= 0.3 is 0 Å². The van der Waals surface area contributed by atoms with Crippen LogP contribution in [0.25, 0.3) is 0 Å². The number of amides is 3. The Morgan fingerprint density at radius 1 is 1.15 bits per heavy atom. The molecule has 3 amide bonds. The van der Waals surface area contributed by atoms with E-state index in [2.05, 4.69) is 27.2 Å². The van der Waals surface area contributed by atoms with Crippen molar-refractivity contribution in [3.8, 4) is 0 Å². The largest absolute Gasteiger partial charge is 0.378 e. The molecule has 178 valence electrons. The summed E-state index contributed by atoms with van der Waals surface area (Å²) in [7, 11) is 0. The van der Waals surface area contributed by atoms with Crippen LogP contribution < -0.4 is 21.3 Å². The van der Waals surface area contributed by atoms with Crippen LogP contribution in [-0.4, -0.2) is 78.0 Å². The van der Waals surface area contributed by atoms with Crippen molar-refractivity contribution in [3.05, 3.63) is 54.2 Å². The molecular formula is C23H27N7O4. The number of ether oxygens (including phenoxy) is 1. The molecule has 2 aromatic rings. The molecule has 0 radical (unpaired) electrons. The number of primary amides is 1. The Morgan fingerprint density at radius 3 is 2.56 bits per heavy atom. The maximum Gasteiger partial charge on any atom is 0.254 e. The summed E-state index contributed by atoms with van der Waals surface area (Å²) in [6, 6.07) is 6.89. The molecule has 4 N–H and O–H groups in total. The van der Waals surface area contributed by atoms with Crippen LogP contribution in [0.3, 0.4) is 0 Å². The highest BCUT2D eigenvalue weighted by atomic mass is 16.5. The van der Waals surface area contributed by atoms with Gasteiger partial charge in [-0.2, -0.15) is 4.98 Å². The first-order valence-corrected chi connectivity index (χ1v) is 11.0. The lowest BCUT2D eigenvalue weighted by molar-refractivity contribution is -0.117. The van der Waals surface area contributed by atoms with Gasteiger partial charge in [-0.15, -0.1) is 0 Å². The monoisotopic (exact) mass is 465 g/mol. The van der Waals surface area contributed by atoms with Crippen molar-refractivity contribution in [1.82, 2.24) is 20.2 Å². The second-order valence-electron chi connectivity index (χ2n) is 8.05. The summed E-state index contributed by atoms with van der Waals surface area (Å²) in [5.74, 6) is -0.255. The third kappa shape index (κ3) is 5.31. The number of carbonyl (C=O) groups is 3. The van der Waals surface area contributed by atoms with E-state index in [1.54, 1.807) is 29.2 Å². The molecule has 0 aliphatic carbocycles. The molecule has 0 bridgehead atoms. The van der Waals surface area contributed by atoms with Crippen molar-refractivity contribution in [1.29, 1.82) is 0 Å². The van der Waals surface area contributed by atoms with Crippen molar-refractivity contribution in [2.24, 2.45) is 5.73 Å². The molecule has 0 saturated carbocycles. The average molecular weight is 466 g/mol. The fourth-order valence-electron chi connectivity index (χ4n) is 3.90. The maximum absolute atomic E-state index is 12.6. The quantitative estimate of drug-likeness (QED) is 0.507. The SMILES string of the molecule is C=CC(=O)N[C@H]1CCN(c2ncc(C(N)=O)c(Nc3ccc(C(=O)N4CCOCC4)cc3)n2)C1. The van der Waals surface area contributed by atoms with E-state index in [0.717, 1.165) is 6.42 Å². The zero-order valence-electron chi connectivity index (χ0n) is 18.7. The minimum Gasteiger partial charge on any atom is -0.378 e. The predicted molar refractivity (Wildman–Crippen MR) is 126 cm³/mol. The molecule has 2 fully saturated rings. The van der Waals surface area contributed by atoms with Gasteiger partial charge in [0, 0.05) is 49.7 Å². The lowest BCUT2D eigenvalue weighted by Gasteiger charge is -2.26. The number of hydrogen-bond acceptors (Lipinski definition) is 8. The van der Waals surface area contributed by atoms with E-state index in [1.165, 1.54) is 12.3 Å². The summed E-state index contributed by atoms with van der Waals surface area (Å²) in [5.41, 5.74) is 6.87. The van der Waals surface area contributed by atoms with Crippen LogP contribution in [-0.2, 0) is 9.53 Å². The lowest BCUT2D eigenvalue weighted by atomic mass is 10.1. The second kappa shape index (κ2) is 10.3. The summed E-state index contributed by atoms with van der Waals surface area (Å²) in [4.78, 5) is 48.7. The van der Waals surface area contributed by atoms with Crippen molar-refractivity contribution < 1.29 is 19.1 Å². The fraction of sp³-hybridized carbons (Fsp3) is 0.348. The molecule has 0 unspecified atom stereocenters. The van der Waals surface area contributed by atoms with Crippen LogP contribution in [0.4, 0.5) is 17.5 Å². The molecule has 11 nitrogen and oxygen atoms in total. The molecule has 1 aromatic heterocycles. The van der Waals surface area contributed by atoms with E-state index < -0.39 is 5.91 Å². The molecule has 1 atom stereocenters. The van der Waals surface area contributed by atoms with Crippen LogP contribution in [0.15, 0.2) is 43.1 Å². The normalized spacial score (nSPS) is 17.8. The standard InChI is InChI=1S/C23H27N7O4/c1-2-19(31)26-17-7-8-30(14-17)23-25-13-18(20(24)32)21(28-23)27-16-5-3-15(4-6-16)22(33)29-9-11-34-12-10-29/h2-6,13,17H,1,7-12,14H2,(H2,24,32)(H,26,31)(H,25,27,28)/t17-/m0/s1. The molecule has 4 rings (SSSR count). The summed E-state index contributed by atoms with van der Waals surface area (Å²) in [5, 5.41) is 5.98. The van der Waals surface area contributed by atoms with Gasteiger partial charge in [0.2, 0.25) is 11.9 Å². The molecular weight excluding hydrogens is 438 g/mol. The smallest absolute Gasteiger partial charge is 0.254 e. The first kappa shape index (κ1) is 23.2. The van der Waals surface area contributed by atoms with Crippen molar-refractivity contribution >= 4 is 35.2 Å². The van der Waals surface area contributed by atoms with Crippen LogP contribution in [0.5, 0.6) is 0 Å². The van der Waals surface area contributed by atoms with E-state index in [4.69, 9.17) is 10.5 Å². The van der Waals surface area contributed by atoms with E-state index in [9.17, 15) is 14.4 Å². The van der Waals surface area contributed by atoms with Gasteiger partial charge in [-0.25, -0.2) is 4.98 Å². The minimum absolute atomic E-state index is 0.0436. The minimum atomic E-state index is -0.661. The molecule has 11 heteroatoms. The molecule has 1 aromatic carbocycles. The molecule has 34 heavy (non-hydrogen) atoms. The Bertz CT molecular complexity index is 1080. The highest BCUT2D eigenvalue weighted by molar-refractivity contribution is 5.98. The third-order valence-corrected chi connectivity index (χ3v) is 5.74. The number of carbonyl (C=O) groups excluding carboxylic acids is 3. The predicted octanol–water partition coefficient (Wildman–Crippen LogP) is 0.672. The third-order valence-electron chi connectivity index (χ3n) is 5.74. The molecule has 0 spiro atoms. The fourth-order valence-corrected chi connectivity index (χ4v) is 3.90. The summed E-state index contributed by atoms with van der Waals surface area (Å²) in [6.45, 7) is 6.86. The molecule has 2 aliphatic rings. The number of benzene rings is 1. The zero-order chi connectivity index (χ0) is 24.1. The van der Waals surface area contributed by atoms with Crippen molar-refractivity contribution in [2.75, 3.05) is 49.6 Å². The number of morpholine rings is 1. The van der Waals surface area contributed by atoms with Gasteiger partial charge in [0.1, 0.15) is 11.4 Å². The molecule has 2 saturated heterocycles. The van der Waals surface area contributed by atoms with Crippen LogP contribution in [0.2, 0.25) is 0 Å². The average Bonchev–Trinajstić information content (AvgIpc) is 3.32. The van der Waals surface area contributed by atoms with E-state index >= 15 is 0 Å². The number of anilines is 3. The highest BCUT2D eigenvalue weighted by Gasteiger charge is 2.26. The molecule has 3 heterocycles. The number of nitrogens with two attached hydrogens (primary N) is 1. The molecule has 2 aliphatic heterocycles. The Hall–Kier alpha value is -3.99. The zero-order valence-corrected chi connectivity index (χ0v) is 18.7. The first-order chi connectivity index (χ1) is 16.4. The summed E-state index contributed by atoms with van der Waals surface area (Å²) < 4.78 is 5.30. The first-order valence-electron chi connectivity index (χ1n) is 11.0. The summed E-state index contributed by atoms with van der Waals surface area (Å²) >= 11 is 0. The topological polar surface area (TPSA) is 143 Å². The Balaban J connectivity index is 1.48. The van der Waals surface area contributed by atoms with Gasteiger partial charge in [-0.05, 0) is 36.8 Å². The number of aromatic nitrogens is 2. The van der Waals surface area contributed by atoms with E-state index in [0.29, 0.717) is 56.6 Å². The van der Waals surface area contributed by atoms with Crippen LogP contribution >= 0.6 is 0 Å². The summed E-state index contributed by atoms with van der Waals surface area (Å²) in [6.07, 6.45) is 3.36. The van der Waals surface area contributed by atoms with E-state index in [1.807, 2.05) is 4.90 Å². The number of hydrogen-bond donors (Lipinski definition) is 3. The van der Waals surface area contributed by atoms with Crippen molar-refractivity contribution in [2.45, 2.75) is 12.5 Å². The number of nitrogens with zero attached hydrogens (tertiary/aromatic N) is 4. The number of nitrogens with one attached hydrogen (secondary N) is 2. The van der Waals surface area contributed by atoms with Gasteiger partial charge in [-0.3, -0.25) is 14.4 Å². The number of rotatable bonds is 7. The Kier molecular flexibility index (Phi) is 7.02. The van der Waals surface area contributed by atoms with Gasteiger partial charge < -0.3 is 30.9 Å². The van der Waals surface area contributed by atoms with E-state index in [-0.39, 0.29) is 29.2 Å². The highest BCUT2D eigenvalue weighted by Crippen LogP contribution is 2.24. The Labute approximate surface area is 197 Å². The van der Waals surface area contributed by atoms with Gasteiger partial charge in [0.05, 0.1) is 13.2 Å². The van der Waals surface area contributed by atoms with Gasteiger partial charge in [0.25, 0.3) is 11.8 Å². The Morgan fingerprint density at radius 2 is 1.88 bits per heavy atom. The maximum atomic E-state index is 12.6. The van der Waals surface area contributed by atoms with Gasteiger partial charge in [-0.1, -0.05) is 6.58 Å². The van der Waals surface area contributed by atoms with Crippen LogP contribution in [0.1, 0.15) is 27.1 Å². The second-order valence-corrected chi connectivity index (χ2v) is 8.05. The van der Waals surface area contributed by atoms with Crippen LogP contribution in [0, 0.1) is 0 Å². The van der Waals surface area contributed by atoms with Gasteiger partial charge in [0.15, 0.2) is 0 Å². The lowest BCUT2D eigenvalue weighted by Crippen LogP contribution is -2.40. The van der Waals surface area contributed by atoms with Crippen molar-refractivity contribution in [3.63, 3.8) is 0 Å².